The number of hydrogen-bond donors (Lipinski definition) is 3. The number of carbonyl (C=O) groups is 2. The Bertz CT molecular complexity index is 434. The summed E-state index contributed by atoms with van der Waals surface area (Å²) in [5.41, 5.74) is 0.538. The predicted octanol–water partition coefficient (Wildman–Crippen LogP) is 1.68. The van der Waals surface area contributed by atoms with Crippen LogP contribution >= 0.6 is 0 Å². The number of carbonyl (C=O) groups excluding carboxylic acids is 1. The molecule has 1 rings (SSSR count). The first-order chi connectivity index (χ1) is 8.52. The molecule has 0 aliphatic heterocycles. The second kappa shape index (κ2) is 6.48. The molecule has 0 bridgehead atoms. The summed E-state index contributed by atoms with van der Waals surface area (Å²) in [6, 6.07) is 5.34. The molecule has 0 spiro atoms. The highest BCUT2D eigenvalue weighted by Crippen LogP contribution is 2.17. The number of amides is 2. The van der Waals surface area contributed by atoms with Crippen LogP contribution in [0.3, 0.4) is 0 Å². The second-order valence-electron chi connectivity index (χ2n) is 3.62. The van der Waals surface area contributed by atoms with Gasteiger partial charge >= 0.3 is 12.0 Å². The summed E-state index contributed by atoms with van der Waals surface area (Å²) in [5, 5.41) is 13.5. The normalized spacial score (nSPS) is 11.4. The molecule has 6 nitrogen and oxygen atoms in total. The van der Waals surface area contributed by atoms with E-state index in [1.165, 1.54) is 6.92 Å². The fourth-order valence-electron chi connectivity index (χ4n) is 1.26. The lowest BCUT2D eigenvalue weighted by molar-refractivity contribution is -0.138. The van der Waals surface area contributed by atoms with Gasteiger partial charge in [0.25, 0.3) is 0 Å². The van der Waals surface area contributed by atoms with Crippen LogP contribution in [0.5, 0.6) is 5.75 Å². The van der Waals surface area contributed by atoms with Crippen molar-refractivity contribution in [3.05, 3.63) is 24.3 Å². The number of carboxylic acid groups (broad SMARTS) is 1. The molecule has 0 aliphatic rings. The summed E-state index contributed by atoms with van der Waals surface area (Å²) >= 11 is 0. The molecule has 6 heteroatoms. The summed E-state index contributed by atoms with van der Waals surface area (Å²) in [4.78, 5) is 22.0. The first kappa shape index (κ1) is 13.8. The Morgan fingerprint density at radius 3 is 2.78 bits per heavy atom. The standard InChI is InChI=1S/C12H16N2O4/c1-3-18-10-6-4-5-9(7-10)14-12(17)13-8(2)11(15)16/h4-8H,3H2,1-2H3,(H,15,16)(H2,13,14,17)/t8-/m0/s1. The van der Waals surface area contributed by atoms with Crippen molar-refractivity contribution < 1.29 is 19.4 Å². The molecule has 0 saturated carbocycles. The summed E-state index contributed by atoms with van der Waals surface area (Å²) in [7, 11) is 0. The SMILES string of the molecule is CCOc1cccc(NC(=O)N[C@@H](C)C(=O)O)c1. The van der Waals surface area contributed by atoms with E-state index in [1.807, 2.05) is 6.92 Å². The zero-order valence-corrected chi connectivity index (χ0v) is 10.3. The van der Waals surface area contributed by atoms with Gasteiger partial charge in [-0.25, -0.2) is 4.79 Å². The van der Waals surface area contributed by atoms with Gasteiger partial charge in [0.1, 0.15) is 11.8 Å². The smallest absolute Gasteiger partial charge is 0.325 e. The predicted molar refractivity (Wildman–Crippen MR) is 66.9 cm³/mol. The molecule has 0 saturated heterocycles. The molecule has 98 valence electrons. The van der Waals surface area contributed by atoms with Gasteiger partial charge in [-0.05, 0) is 26.0 Å². The van der Waals surface area contributed by atoms with Crippen LogP contribution in [0.4, 0.5) is 10.5 Å². The number of nitrogens with one attached hydrogen (secondary N) is 2. The van der Waals surface area contributed by atoms with Gasteiger partial charge in [-0.15, -0.1) is 0 Å². The molecular weight excluding hydrogens is 236 g/mol. The van der Waals surface area contributed by atoms with Gasteiger partial charge < -0.3 is 20.5 Å². The van der Waals surface area contributed by atoms with Gasteiger partial charge in [0.15, 0.2) is 0 Å². The van der Waals surface area contributed by atoms with Gasteiger partial charge in [0, 0.05) is 11.8 Å². The topological polar surface area (TPSA) is 87.7 Å². The number of hydrogen-bond acceptors (Lipinski definition) is 3. The van der Waals surface area contributed by atoms with Crippen LogP contribution in [-0.2, 0) is 4.79 Å². The third kappa shape index (κ3) is 4.32. The fraction of sp³-hybridized carbons (Fsp3) is 0.333. The number of anilines is 1. The van der Waals surface area contributed by atoms with Crippen LogP contribution < -0.4 is 15.4 Å². The minimum Gasteiger partial charge on any atom is -0.494 e. The zero-order chi connectivity index (χ0) is 13.5. The van der Waals surface area contributed by atoms with Crippen molar-refractivity contribution in [2.24, 2.45) is 0 Å². The van der Waals surface area contributed by atoms with Gasteiger partial charge in [-0.1, -0.05) is 6.07 Å². The van der Waals surface area contributed by atoms with Crippen LogP contribution in [0.15, 0.2) is 24.3 Å². The van der Waals surface area contributed by atoms with E-state index < -0.39 is 18.0 Å². The van der Waals surface area contributed by atoms with Gasteiger partial charge in [0.05, 0.1) is 6.61 Å². The highest BCUT2D eigenvalue weighted by atomic mass is 16.5. The molecular formula is C12H16N2O4. The minimum absolute atomic E-state index is 0.533. The summed E-state index contributed by atoms with van der Waals surface area (Å²) in [6.07, 6.45) is 0. The second-order valence-corrected chi connectivity index (χ2v) is 3.62. The average Bonchev–Trinajstić information content (AvgIpc) is 2.29. The average molecular weight is 252 g/mol. The molecule has 3 N–H and O–H groups in total. The Morgan fingerprint density at radius 2 is 2.17 bits per heavy atom. The fourth-order valence-corrected chi connectivity index (χ4v) is 1.26. The lowest BCUT2D eigenvalue weighted by Crippen LogP contribution is -2.40. The molecule has 0 aromatic heterocycles. The number of rotatable bonds is 5. The number of carboxylic acids is 1. The summed E-state index contributed by atoms with van der Waals surface area (Å²) < 4.78 is 5.28. The van der Waals surface area contributed by atoms with E-state index in [9.17, 15) is 9.59 Å². The Hall–Kier alpha value is -2.24. The van der Waals surface area contributed by atoms with Crippen molar-refractivity contribution in [3.8, 4) is 5.75 Å². The zero-order valence-electron chi connectivity index (χ0n) is 10.3. The van der Waals surface area contributed by atoms with E-state index in [2.05, 4.69) is 10.6 Å². The molecule has 0 unspecified atom stereocenters. The van der Waals surface area contributed by atoms with Crippen molar-refractivity contribution in [2.45, 2.75) is 19.9 Å². The van der Waals surface area contributed by atoms with Crippen LogP contribution in [0, 0.1) is 0 Å². The van der Waals surface area contributed by atoms with Crippen molar-refractivity contribution in [3.63, 3.8) is 0 Å². The Labute approximate surface area is 105 Å². The van der Waals surface area contributed by atoms with Crippen LogP contribution in [0.25, 0.3) is 0 Å². The summed E-state index contributed by atoms with van der Waals surface area (Å²) in [6.45, 7) is 3.78. The van der Waals surface area contributed by atoms with Crippen molar-refractivity contribution in [1.29, 1.82) is 0 Å². The first-order valence-electron chi connectivity index (χ1n) is 5.56. The van der Waals surface area contributed by atoms with Gasteiger partial charge in [-0.2, -0.15) is 0 Å². The number of aliphatic carboxylic acids is 1. The van der Waals surface area contributed by atoms with Gasteiger partial charge in [-0.3, -0.25) is 4.79 Å². The van der Waals surface area contributed by atoms with E-state index in [4.69, 9.17) is 9.84 Å². The van der Waals surface area contributed by atoms with Crippen LogP contribution in [0.2, 0.25) is 0 Å². The molecule has 0 heterocycles. The molecule has 1 aromatic carbocycles. The maximum atomic E-state index is 11.5. The third-order valence-corrected chi connectivity index (χ3v) is 2.12. The highest BCUT2D eigenvalue weighted by molar-refractivity contribution is 5.92. The molecule has 2 amide bonds. The Morgan fingerprint density at radius 1 is 1.44 bits per heavy atom. The van der Waals surface area contributed by atoms with E-state index in [0.29, 0.717) is 18.0 Å². The quantitative estimate of drug-likeness (QED) is 0.744. The molecule has 1 atom stereocenters. The third-order valence-electron chi connectivity index (χ3n) is 2.12. The summed E-state index contributed by atoms with van der Waals surface area (Å²) in [5.74, 6) is -0.449. The maximum Gasteiger partial charge on any atom is 0.325 e. The molecule has 0 fully saturated rings. The largest absolute Gasteiger partial charge is 0.494 e. The molecule has 1 aromatic rings. The molecule has 18 heavy (non-hydrogen) atoms. The minimum atomic E-state index is -1.09. The highest BCUT2D eigenvalue weighted by Gasteiger charge is 2.13. The van der Waals surface area contributed by atoms with E-state index >= 15 is 0 Å². The van der Waals surface area contributed by atoms with Crippen molar-refractivity contribution in [2.75, 3.05) is 11.9 Å². The number of urea groups is 1. The Kier molecular flexibility index (Phi) is 4.98. The van der Waals surface area contributed by atoms with E-state index in [-0.39, 0.29) is 0 Å². The van der Waals surface area contributed by atoms with Crippen molar-refractivity contribution >= 4 is 17.7 Å². The van der Waals surface area contributed by atoms with E-state index in [1.54, 1.807) is 24.3 Å². The maximum absolute atomic E-state index is 11.5. The monoisotopic (exact) mass is 252 g/mol. The van der Waals surface area contributed by atoms with Gasteiger partial charge in [0.2, 0.25) is 0 Å². The molecule has 0 radical (unpaired) electrons. The number of ether oxygens (including phenoxy) is 1. The van der Waals surface area contributed by atoms with E-state index in [0.717, 1.165) is 0 Å². The lowest BCUT2D eigenvalue weighted by atomic mass is 10.3. The van der Waals surface area contributed by atoms with Crippen LogP contribution in [0.1, 0.15) is 13.8 Å². The lowest BCUT2D eigenvalue weighted by Gasteiger charge is -2.11. The van der Waals surface area contributed by atoms with Crippen LogP contribution in [-0.4, -0.2) is 29.8 Å². The first-order valence-corrected chi connectivity index (χ1v) is 5.56. The number of benzene rings is 1. The Balaban J connectivity index is 2.58. The molecule has 0 aliphatic carbocycles. The van der Waals surface area contributed by atoms with Crippen molar-refractivity contribution in [1.82, 2.24) is 5.32 Å².